The normalized spacial score (nSPS) is 14.3. The van der Waals surface area contributed by atoms with Crippen molar-refractivity contribution in [3.05, 3.63) is 69.2 Å². The molecule has 0 unspecified atom stereocenters. The number of carbonyl (C=O) groups is 2. The first-order valence-electron chi connectivity index (χ1n) is 7.89. The van der Waals surface area contributed by atoms with Gasteiger partial charge in [0.2, 0.25) is 0 Å². The van der Waals surface area contributed by atoms with E-state index in [2.05, 4.69) is 5.32 Å². The van der Waals surface area contributed by atoms with E-state index < -0.39 is 28.8 Å². The number of hydrogen-bond donors (Lipinski definition) is 1. The Morgan fingerprint density at radius 2 is 1.88 bits per heavy atom. The monoisotopic (exact) mass is 374 g/mol. The number of ether oxygens (including phenoxy) is 1. The summed E-state index contributed by atoms with van der Waals surface area (Å²) in [4.78, 5) is 34.8. The van der Waals surface area contributed by atoms with Crippen LogP contribution in [0.3, 0.4) is 0 Å². The van der Waals surface area contributed by atoms with Gasteiger partial charge in [-0.05, 0) is 30.5 Å². The highest BCUT2D eigenvalue weighted by Gasteiger charge is 2.52. The van der Waals surface area contributed by atoms with Gasteiger partial charge in [0.25, 0.3) is 11.6 Å². The molecule has 0 aliphatic heterocycles. The molecule has 1 fully saturated rings. The van der Waals surface area contributed by atoms with Crippen molar-refractivity contribution in [3.8, 4) is 0 Å². The minimum absolute atomic E-state index is 0.0484. The van der Waals surface area contributed by atoms with E-state index in [1.54, 1.807) is 0 Å². The minimum Gasteiger partial charge on any atom is -0.455 e. The lowest BCUT2D eigenvalue weighted by Crippen LogP contribution is -2.28. The molecule has 2 aromatic carbocycles. The van der Waals surface area contributed by atoms with Crippen molar-refractivity contribution in [1.82, 2.24) is 0 Å². The number of nitrogens with one attached hydrogen (secondary N) is 1. The second kappa shape index (κ2) is 7.13. The van der Waals surface area contributed by atoms with Gasteiger partial charge in [0.15, 0.2) is 6.61 Å². The molecular formula is C18H15ClN2O5. The molecule has 1 saturated carbocycles. The van der Waals surface area contributed by atoms with E-state index in [1.165, 1.54) is 18.2 Å². The van der Waals surface area contributed by atoms with E-state index in [0.29, 0.717) is 12.8 Å². The topological polar surface area (TPSA) is 98.5 Å². The van der Waals surface area contributed by atoms with Crippen molar-refractivity contribution in [1.29, 1.82) is 0 Å². The zero-order valence-electron chi connectivity index (χ0n) is 13.6. The molecule has 0 saturated heterocycles. The lowest BCUT2D eigenvalue weighted by Gasteiger charge is -2.14. The molecule has 3 rings (SSSR count). The first-order valence-corrected chi connectivity index (χ1v) is 8.27. The lowest BCUT2D eigenvalue weighted by molar-refractivity contribution is -0.383. The largest absolute Gasteiger partial charge is 0.455 e. The number of nitro groups is 1. The van der Waals surface area contributed by atoms with Crippen LogP contribution in [0.15, 0.2) is 48.5 Å². The van der Waals surface area contributed by atoms with Gasteiger partial charge in [-0.2, -0.15) is 0 Å². The Morgan fingerprint density at radius 3 is 2.50 bits per heavy atom. The molecule has 1 N–H and O–H groups in total. The number of hydrogen-bond acceptors (Lipinski definition) is 5. The van der Waals surface area contributed by atoms with Crippen molar-refractivity contribution < 1.29 is 19.2 Å². The van der Waals surface area contributed by atoms with Crippen molar-refractivity contribution in [2.75, 3.05) is 11.9 Å². The summed E-state index contributed by atoms with van der Waals surface area (Å²) in [5.41, 5.74) is -0.176. The Kier molecular flexibility index (Phi) is 4.90. The second-order valence-electron chi connectivity index (χ2n) is 5.99. The van der Waals surface area contributed by atoms with E-state index in [9.17, 15) is 19.7 Å². The highest BCUT2D eigenvalue weighted by atomic mass is 35.5. The number of esters is 1. The molecule has 1 amide bonds. The number of rotatable bonds is 6. The number of nitro benzene ring substituents is 1. The predicted molar refractivity (Wildman–Crippen MR) is 95.0 cm³/mol. The zero-order chi connectivity index (χ0) is 18.7. The van der Waals surface area contributed by atoms with Crippen LogP contribution in [0.2, 0.25) is 5.02 Å². The maximum absolute atomic E-state index is 12.4. The van der Waals surface area contributed by atoms with Crippen LogP contribution >= 0.6 is 11.6 Å². The Hall–Kier alpha value is -2.93. The fourth-order valence-corrected chi connectivity index (χ4v) is 2.89. The van der Waals surface area contributed by atoms with Gasteiger partial charge in [-0.1, -0.05) is 41.9 Å². The molecule has 1 aliphatic rings. The van der Waals surface area contributed by atoms with Crippen LogP contribution in [0.4, 0.5) is 11.4 Å². The number of carbonyl (C=O) groups excluding carboxylic acids is 2. The van der Waals surface area contributed by atoms with Crippen molar-refractivity contribution >= 4 is 34.9 Å². The van der Waals surface area contributed by atoms with Crippen LogP contribution in [0, 0.1) is 10.1 Å². The molecule has 7 nitrogen and oxygen atoms in total. The first-order chi connectivity index (χ1) is 12.4. The molecule has 1 aliphatic carbocycles. The Bertz CT molecular complexity index is 865. The molecule has 26 heavy (non-hydrogen) atoms. The number of benzene rings is 2. The SMILES string of the molecule is O=C(COC(=O)C1(c2ccccc2)CC1)Nc1cc(Cl)ccc1[N+](=O)[O-]. The molecule has 0 bridgehead atoms. The van der Waals surface area contributed by atoms with E-state index in [0.717, 1.165) is 5.56 Å². The average molecular weight is 375 g/mol. The summed E-state index contributed by atoms with van der Waals surface area (Å²) < 4.78 is 5.13. The predicted octanol–water partition coefficient (Wildman–Crippen LogP) is 3.46. The third kappa shape index (κ3) is 3.67. The second-order valence-corrected chi connectivity index (χ2v) is 6.43. The van der Waals surface area contributed by atoms with Crippen LogP contribution < -0.4 is 5.32 Å². The summed E-state index contributed by atoms with van der Waals surface area (Å²) in [5.74, 6) is -1.15. The van der Waals surface area contributed by atoms with Gasteiger partial charge in [-0.25, -0.2) is 0 Å². The van der Waals surface area contributed by atoms with Crippen molar-refractivity contribution in [3.63, 3.8) is 0 Å². The van der Waals surface area contributed by atoms with E-state index >= 15 is 0 Å². The van der Waals surface area contributed by atoms with Crippen LogP contribution in [0.5, 0.6) is 0 Å². The number of anilines is 1. The molecule has 0 radical (unpaired) electrons. The Balaban J connectivity index is 1.63. The number of amides is 1. The molecule has 134 valence electrons. The van der Waals surface area contributed by atoms with Gasteiger partial charge in [-0.3, -0.25) is 19.7 Å². The lowest BCUT2D eigenvalue weighted by atomic mass is 9.96. The van der Waals surface area contributed by atoms with Gasteiger partial charge in [-0.15, -0.1) is 0 Å². The molecule has 0 aromatic heterocycles. The fourth-order valence-electron chi connectivity index (χ4n) is 2.72. The van der Waals surface area contributed by atoms with Gasteiger partial charge in [0.05, 0.1) is 10.3 Å². The number of nitrogens with zero attached hydrogens (tertiary/aromatic N) is 1. The molecule has 0 atom stereocenters. The molecule has 8 heteroatoms. The average Bonchev–Trinajstić information content (AvgIpc) is 3.42. The Labute approximate surface area is 154 Å². The maximum Gasteiger partial charge on any atom is 0.317 e. The maximum atomic E-state index is 12.4. The third-order valence-electron chi connectivity index (χ3n) is 4.23. The highest BCUT2D eigenvalue weighted by Crippen LogP contribution is 2.49. The van der Waals surface area contributed by atoms with Gasteiger partial charge in [0, 0.05) is 11.1 Å². The first kappa shape index (κ1) is 17.9. The van der Waals surface area contributed by atoms with Crippen LogP contribution in [-0.4, -0.2) is 23.4 Å². The van der Waals surface area contributed by atoms with Crippen LogP contribution in [0.1, 0.15) is 18.4 Å². The van der Waals surface area contributed by atoms with Crippen LogP contribution in [-0.2, 0) is 19.7 Å². The standard InChI is InChI=1S/C18H15ClN2O5/c19-13-6-7-15(21(24)25)14(10-13)20-16(22)11-26-17(23)18(8-9-18)12-4-2-1-3-5-12/h1-7,10H,8-9,11H2,(H,20,22). The zero-order valence-corrected chi connectivity index (χ0v) is 14.4. The third-order valence-corrected chi connectivity index (χ3v) is 4.47. The van der Waals surface area contributed by atoms with Gasteiger partial charge >= 0.3 is 5.97 Å². The van der Waals surface area contributed by atoms with Crippen molar-refractivity contribution in [2.24, 2.45) is 0 Å². The summed E-state index contributed by atoms with van der Waals surface area (Å²) in [6, 6.07) is 13.1. The van der Waals surface area contributed by atoms with E-state index in [1.807, 2.05) is 30.3 Å². The molecule has 0 spiro atoms. The molecule has 2 aromatic rings. The quantitative estimate of drug-likeness (QED) is 0.474. The fraction of sp³-hybridized carbons (Fsp3) is 0.222. The number of halogens is 1. The summed E-state index contributed by atoms with van der Waals surface area (Å²) in [5, 5.41) is 13.6. The van der Waals surface area contributed by atoms with Gasteiger partial charge in [0.1, 0.15) is 5.69 Å². The van der Waals surface area contributed by atoms with E-state index in [-0.39, 0.29) is 16.4 Å². The summed E-state index contributed by atoms with van der Waals surface area (Å²) >= 11 is 5.81. The summed E-state index contributed by atoms with van der Waals surface area (Å²) in [7, 11) is 0. The van der Waals surface area contributed by atoms with Crippen LogP contribution in [0.25, 0.3) is 0 Å². The van der Waals surface area contributed by atoms with Crippen molar-refractivity contribution in [2.45, 2.75) is 18.3 Å². The summed E-state index contributed by atoms with van der Waals surface area (Å²) in [6.07, 6.45) is 1.33. The minimum atomic E-state index is -0.691. The van der Waals surface area contributed by atoms with Gasteiger partial charge < -0.3 is 10.1 Å². The summed E-state index contributed by atoms with van der Waals surface area (Å²) in [6.45, 7) is -0.531. The van der Waals surface area contributed by atoms with E-state index in [4.69, 9.17) is 16.3 Å². The highest BCUT2D eigenvalue weighted by molar-refractivity contribution is 6.31. The Morgan fingerprint density at radius 1 is 1.19 bits per heavy atom. The smallest absolute Gasteiger partial charge is 0.317 e. The molecular weight excluding hydrogens is 360 g/mol. The molecule has 0 heterocycles.